The average Bonchev–Trinajstić information content (AvgIpc) is 2.83. The molecular formula is C11H11Br2NOS. The van der Waals surface area contributed by atoms with Crippen molar-refractivity contribution in [2.45, 2.75) is 13.0 Å². The first-order chi connectivity index (χ1) is 7.74. The molecule has 0 atom stereocenters. The largest absolute Gasteiger partial charge is 0.454 e. The van der Waals surface area contributed by atoms with Crippen LogP contribution < -0.4 is 5.32 Å². The van der Waals surface area contributed by atoms with Gasteiger partial charge < -0.3 is 9.73 Å². The summed E-state index contributed by atoms with van der Waals surface area (Å²) in [6.45, 7) is 1.84. The van der Waals surface area contributed by atoms with Gasteiger partial charge in [-0.05, 0) is 50.1 Å². The molecule has 5 heteroatoms. The summed E-state index contributed by atoms with van der Waals surface area (Å²) in [6.07, 6.45) is 0.915. The van der Waals surface area contributed by atoms with Gasteiger partial charge in [-0.25, -0.2) is 0 Å². The highest BCUT2D eigenvalue weighted by Crippen LogP contribution is 2.19. The Balaban J connectivity index is 1.69. The second-order valence-corrected chi connectivity index (χ2v) is 6.06. The van der Waals surface area contributed by atoms with E-state index in [1.807, 2.05) is 12.1 Å². The highest BCUT2D eigenvalue weighted by molar-refractivity contribution is 9.10. The molecule has 2 aromatic heterocycles. The van der Waals surface area contributed by atoms with Crippen LogP contribution in [0, 0.1) is 0 Å². The van der Waals surface area contributed by atoms with E-state index in [2.05, 4.69) is 48.6 Å². The van der Waals surface area contributed by atoms with Crippen LogP contribution in [-0.4, -0.2) is 6.54 Å². The van der Waals surface area contributed by atoms with Gasteiger partial charge in [-0.1, -0.05) is 0 Å². The minimum absolute atomic E-state index is 0.796. The lowest BCUT2D eigenvalue weighted by Crippen LogP contribution is -2.15. The molecule has 2 rings (SSSR count). The van der Waals surface area contributed by atoms with Gasteiger partial charge in [0.15, 0.2) is 4.67 Å². The van der Waals surface area contributed by atoms with Gasteiger partial charge in [-0.3, -0.25) is 0 Å². The summed E-state index contributed by atoms with van der Waals surface area (Å²) >= 11 is 8.49. The SMILES string of the molecule is Brc1csc(CNCCc2ccc(Br)o2)c1. The van der Waals surface area contributed by atoms with E-state index in [9.17, 15) is 0 Å². The Morgan fingerprint density at radius 1 is 1.31 bits per heavy atom. The Hall–Kier alpha value is -0.100. The fourth-order valence-corrected chi connectivity index (χ4v) is 3.12. The summed E-state index contributed by atoms with van der Waals surface area (Å²) < 4.78 is 7.36. The van der Waals surface area contributed by atoms with Crippen molar-refractivity contribution in [3.8, 4) is 0 Å². The van der Waals surface area contributed by atoms with Crippen LogP contribution in [-0.2, 0) is 13.0 Å². The van der Waals surface area contributed by atoms with Crippen molar-refractivity contribution in [1.29, 1.82) is 0 Å². The number of hydrogen-bond acceptors (Lipinski definition) is 3. The molecule has 2 heterocycles. The third-order valence-corrected chi connectivity index (χ3v) is 4.22. The van der Waals surface area contributed by atoms with E-state index in [-0.39, 0.29) is 0 Å². The van der Waals surface area contributed by atoms with Gasteiger partial charge in [0.25, 0.3) is 0 Å². The highest BCUT2D eigenvalue weighted by Gasteiger charge is 2.00. The quantitative estimate of drug-likeness (QED) is 0.804. The van der Waals surface area contributed by atoms with E-state index in [0.29, 0.717) is 0 Å². The van der Waals surface area contributed by atoms with E-state index in [4.69, 9.17) is 4.42 Å². The maximum Gasteiger partial charge on any atom is 0.169 e. The molecule has 0 radical (unpaired) electrons. The summed E-state index contributed by atoms with van der Waals surface area (Å²) in [6, 6.07) is 6.06. The maximum atomic E-state index is 5.41. The molecule has 0 aliphatic heterocycles. The van der Waals surface area contributed by atoms with Crippen molar-refractivity contribution in [3.05, 3.63) is 43.4 Å². The van der Waals surface area contributed by atoms with Crippen molar-refractivity contribution in [2.75, 3.05) is 6.54 Å². The number of thiophene rings is 1. The normalized spacial score (nSPS) is 10.9. The van der Waals surface area contributed by atoms with Gasteiger partial charge in [0.1, 0.15) is 5.76 Å². The topological polar surface area (TPSA) is 25.2 Å². The van der Waals surface area contributed by atoms with Crippen molar-refractivity contribution >= 4 is 43.2 Å². The fourth-order valence-electron chi connectivity index (χ4n) is 1.36. The smallest absolute Gasteiger partial charge is 0.169 e. The number of hydrogen-bond donors (Lipinski definition) is 1. The molecule has 2 aromatic rings. The highest BCUT2D eigenvalue weighted by atomic mass is 79.9. The fraction of sp³-hybridized carbons (Fsp3) is 0.273. The molecule has 0 aromatic carbocycles. The lowest BCUT2D eigenvalue weighted by Gasteiger charge is -2.00. The van der Waals surface area contributed by atoms with Crippen LogP contribution in [0.2, 0.25) is 0 Å². The van der Waals surface area contributed by atoms with E-state index >= 15 is 0 Å². The number of halogens is 2. The Morgan fingerprint density at radius 3 is 2.81 bits per heavy atom. The molecule has 0 aliphatic rings. The zero-order chi connectivity index (χ0) is 11.4. The van der Waals surface area contributed by atoms with Crippen molar-refractivity contribution in [2.24, 2.45) is 0 Å². The number of nitrogens with one attached hydrogen (secondary N) is 1. The molecule has 16 heavy (non-hydrogen) atoms. The molecule has 86 valence electrons. The standard InChI is InChI=1S/C11H11Br2NOS/c12-8-5-10(16-7-8)6-14-4-3-9-1-2-11(13)15-9/h1-2,5,7,14H,3-4,6H2. The van der Waals surface area contributed by atoms with Crippen LogP contribution in [0.15, 0.2) is 37.1 Å². The second-order valence-electron chi connectivity index (χ2n) is 3.36. The minimum atomic E-state index is 0.796. The van der Waals surface area contributed by atoms with Crippen LogP contribution in [0.1, 0.15) is 10.6 Å². The number of furan rings is 1. The Morgan fingerprint density at radius 2 is 2.19 bits per heavy atom. The summed E-state index contributed by atoms with van der Waals surface area (Å²) in [7, 11) is 0. The average molecular weight is 365 g/mol. The summed E-state index contributed by atoms with van der Waals surface area (Å²) in [5, 5.41) is 5.48. The molecule has 0 bridgehead atoms. The molecule has 0 saturated heterocycles. The maximum absolute atomic E-state index is 5.41. The van der Waals surface area contributed by atoms with E-state index in [0.717, 1.165) is 34.4 Å². The van der Waals surface area contributed by atoms with E-state index in [1.165, 1.54) is 4.88 Å². The minimum Gasteiger partial charge on any atom is -0.454 e. The molecule has 0 aliphatic carbocycles. The van der Waals surface area contributed by atoms with Crippen molar-refractivity contribution in [3.63, 3.8) is 0 Å². The molecule has 1 N–H and O–H groups in total. The molecule has 0 fully saturated rings. The number of rotatable bonds is 5. The first kappa shape index (κ1) is 12.4. The molecule has 0 amide bonds. The van der Waals surface area contributed by atoms with Gasteiger partial charge in [0, 0.05) is 34.2 Å². The molecule has 0 saturated carbocycles. The molecular weight excluding hydrogens is 354 g/mol. The van der Waals surface area contributed by atoms with Gasteiger partial charge in [0.05, 0.1) is 0 Å². The van der Waals surface area contributed by atoms with Gasteiger partial charge in [-0.2, -0.15) is 0 Å². The second kappa shape index (κ2) is 6.00. The Labute approximate surface area is 115 Å². The van der Waals surface area contributed by atoms with Gasteiger partial charge >= 0.3 is 0 Å². The van der Waals surface area contributed by atoms with Crippen molar-refractivity contribution < 1.29 is 4.42 Å². The van der Waals surface area contributed by atoms with Crippen LogP contribution in [0.5, 0.6) is 0 Å². The third-order valence-electron chi connectivity index (χ3n) is 2.10. The van der Waals surface area contributed by atoms with Crippen LogP contribution in [0.3, 0.4) is 0 Å². The van der Waals surface area contributed by atoms with Crippen LogP contribution in [0.4, 0.5) is 0 Å². The summed E-state index contributed by atoms with van der Waals surface area (Å²) in [5.41, 5.74) is 0. The zero-order valence-corrected chi connectivity index (χ0v) is 12.5. The zero-order valence-electron chi connectivity index (χ0n) is 8.50. The summed E-state index contributed by atoms with van der Waals surface area (Å²) in [5.74, 6) is 1.01. The lowest BCUT2D eigenvalue weighted by atomic mass is 10.3. The predicted octanol–water partition coefficient (Wildman–Crippen LogP) is 4.20. The Bertz CT molecular complexity index is 410. The van der Waals surface area contributed by atoms with Crippen molar-refractivity contribution in [1.82, 2.24) is 5.32 Å². The van der Waals surface area contributed by atoms with Gasteiger partial charge in [-0.15, -0.1) is 11.3 Å². The van der Waals surface area contributed by atoms with Crippen LogP contribution in [0.25, 0.3) is 0 Å². The third kappa shape index (κ3) is 3.73. The lowest BCUT2D eigenvalue weighted by molar-refractivity contribution is 0.480. The van der Waals surface area contributed by atoms with E-state index in [1.54, 1.807) is 11.3 Å². The molecule has 0 unspecified atom stereocenters. The first-order valence-electron chi connectivity index (χ1n) is 4.92. The summed E-state index contributed by atoms with van der Waals surface area (Å²) in [4.78, 5) is 1.34. The van der Waals surface area contributed by atoms with Gasteiger partial charge in [0.2, 0.25) is 0 Å². The predicted molar refractivity (Wildman–Crippen MR) is 73.8 cm³/mol. The van der Waals surface area contributed by atoms with Crippen LogP contribution >= 0.6 is 43.2 Å². The Kier molecular flexibility index (Phi) is 4.64. The molecule has 2 nitrogen and oxygen atoms in total. The van der Waals surface area contributed by atoms with E-state index < -0.39 is 0 Å². The molecule has 0 spiro atoms. The monoisotopic (exact) mass is 363 g/mol. The first-order valence-corrected chi connectivity index (χ1v) is 7.38.